The lowest BCUT2D eigenvalue weighted by Crippen LogP contribution is -2.49. The number of nitrogens with one attached hydrogen (secondary N) is 1. The highest BCUT2D eigenvalue weighted by atomic mass is 16.5. The summed E-state index contributed by atoms with van der Waals surface area (Å²) in [5.41, 5.74) is -0.120. The van der Waals surface area contributed by atoms with E-state index in [0.717, 1.165) is 5.92 Å². The summed E-state index contributed by atoms with van der Waals surface area (Å²) >= 11 is 0. The van der Waals surface area contributed by atoms with Crippen molar-refractivity contribution in [3.63, 3.8) is 0 Å². The molecule has 2 fully saturated rings. The second-order valence-electron chi connectivity index (χ2n) is 7.88. The van der Waals surface area contributed by atoms with Gasteiger partial charge in [-0.25, -0.2) is 0 Å². The van der Waals surface area contributed by atoms with Crippen molar-refractivity contribution in [2.24, 2.45) is 11.8 Å². The van der Waals surface area contributed by atoms with Crippen LogP contribution in [0, 0.1) is 11.8 Å². The summed E-state index contributed by atoms with van der Waals surface area (Å²) in [5.74, 6) is 1.48. The molecule has 118 valence electrons. The zero-order valence-electron chi connectivity index (χ0n) is 14.3. The number of likely N-dealkylation sites (tertiary alicyclic amines) is 1. The Hall–Kier alpha value is -0.120. The van der Waals surface area contributed by atoms with E-state index in [1.165, 1.54) is 38.9 Å². The fraction of sp³-hybridized carbons (Fsp3) is 1.00. The molecule has 0 bridgehead atoms. The van der Waals surface area contributed by atoms with Crippen molar-refractivity contribution in [1.82, 2.24) is 10.2 Å². The van der Waals surface area contributed by atoms with Gasteiger partial charge in [-0.1, -0.05) is 13.3 Å². The third-order valence-electron chi connectivity index (χ3n) is 5.40. The largest absolute Gasteiger partial charge is 0.368 e. The van der Waals surface area contributed by atoms with Crippen molar-refractivity contribution < 1.29 is 4.74 Å². The van der Waals surface area contributed by atoms with Crippen LogP contribution in [-0.4, -0.2) is 48.8 Å². The maximum atomic E-state index is 6.35. The quantitative estimate of drug-likeness (QED) is 0.839. The summed E-state index contributed by atoms with van der Waals surface area (Å²) in [5, 5.41) is 3.52. The van der Waals surface area contributed by atoms with Gasteiger partial charge >= 0.3 is 0 Å². The molecule has 0 aromatic carbocycles. The standard InChI is InChI=1S/C17H34N2O/c1-7-8-13-9-10-19(11-13)12-14-15(18-6)17(4,5)20-16(14,2)3/h13-15,18H,7-12H2,1-6H3. The summed E-state index contributed by atoms with van der Waals surface area (Å²) in [7, 11) is 2.08. The van der Waals surface area contributed by atoms with Crippen LogP contribution in [0.25, 0.3) is 0 Å². The number of ether oxygens (including phenoxy) is 1. The fourth-order valence-corrected chi connectivity index (χ4v) is 4.58. The van der Waals surface area contributed by atoms with E-state index in [9.17, 15) is 0 Å². The van der Waals surface area contributed by atoms with Gasteiger partial charge in [0.1, 0.15) is 0 Å². The van der Waals surface area contributed by atoms with Crippen LogP contribution in [0.2, 0.25) is 0 Å². The Morgan fingerprint density at radius 2 is 1.90 bits per heavy atom. The molecule has 2 heterocycles. The minimum atomic E-state index is -0.0779. The molecule has 2 rings (SSSR count). The van der Waals surface area contributed by atoms with E-state index in [-0.39, 0.29) is 11.2 Å². The average Bonchev–Trinajstić information content (AvgIpc) is 2.81. The van der Waals surface area contributed by atoms with Gasteiger partial charge in [0.2, 0.25) is 0 Å². The van der Waals surface area contributed by atoms with Gasteiger partial charge in [0, 0.05) is 25.0 Å². The second kappa shape index (κ2) is 5.94. The Morgan fingerprint density at radius 3 is 2.50 bits per heavy atom. The van der Waals surface area contributed by atoms with Crippen molar-refractivity contribution in [1.29, 1.82) is 0 Å². The molecule has 1 N–H and O–H groups in total. The number of hydrogen-bond acceptors (Lipinski definition) is 3. The Balaban J connectivity index is 2.00. The first-order valence-electron chi connectivity index (χ1n) is 8.40. The van der Waals surface area contributed by atoms with Gasteiger partial charge in [-0.05, 0) is 60.0 Å². The Labute approximate surface area is 125 Å². The molecule has 0 saturated carbocycles. The summed E-state index contributed by atoms with van der Waals surface area (Å²) in [6, 6.07) is 0.433. The molecule has 0 aromatic heterocycles. The molecule has 0 spiro atoms. The van der Waals surface area contributed by atoms with E-state index in [1.54, 1.807) is 0 Å². The maximum Gasteiger partial charge on any atom is 0.0790 e. The van der Waals surface area contributed by atoms with Crippen LogP contribution in [0.3, 0.4) is 0 Å². The number of likely N-dealkylation sites (N-methyl/N-ethyl adjacent to an activating group) is 1. The lowest BCUT2D eigenvalue weighted by Gasteiger charge is -2.32. The lowest BCUT2D eigenvalue weighted by atomic mass is 9.82. The van der Waals surface area contributed by atoms with Crippen LogP contribution >= 0.6 is 0 Å². The summed E-state index contributed by atoms with van der Waals surface area (Å²) in [6.07, 6.45) is 4.10. The van der Waals surface area contributed by atoms with Crippen molar-refractivity contribution in [2.45, 2.75) is 71.1 Å². The van der Waals surface area contributed by atoms with Gasteiger partial charge in [0.25, 0.3) is 0 Å². The Morgan fingerprint density at radius 1 is 1.20 bits per heavy atom. The van der Waals surface area contributed by atoms with Crippen LogP contribution in [0.5, 0.6) is 0 Å². The molecule has 20 heavy (non-hydrogen) atoms. The highest BCUT2D eigenvalue weighted by Gasteiger charge is 2.53. The number of rotatable bonds is 5. The summed E-state index contributed by atoms with van der Waals surface area (Å²) in [4.78, 5) is 2.67. The zero-order valence-corrected chi connectivity index (χ0v) is 14.3. The van der Waals surface area contributed by atoms with Gasteiger partial charge in [0.15, 0.2) is 0 Å². The molecule has 3 heteroatoms. The van der Waals surface area contributed by atoms with Crippen LogP contribution in [0.1, 0.15) is 53.9 Å². The summed E-state index contributed by atoms with van der Waals surface area (Å²) < 4.78 is 6.35. The molecule has 0 amide bonds. The molecule has 0 radical (unpaired) electrons. The molecule has 2 aliphatic rings. The highest BCUT2D eigenvalue weighted by Crippen LogP contribution is 2.43. The monoisotopic (exact) mass is 282 g/mol. The van der Waals surface area contributed by atoms with Crippen LogP contribution in [-0.2, 0) is 4.74 Å². The van der Waals surface area contributed by atoms with E-state index in [0.29, 0.717) is 12.0 Å². The second-order valence-corrected chi connectivity index (χ2v) is 7.88. The first-order valence-corrected chi connectivity index (χ1v) is 8.40. The molecule has 2 saturated heterocycles. The van der Waals surface area contributed by atoms with Gasteiger partial charge in [0.05, 0.1) is 11.2 Å². The first-order chi connectivity index (χ1) is 9.30. The van der Waals surface area contributed by atoms with Crippen molar-refractivity contribution in [3.8, 4) is 0 Å². The van der Waals surface area contributed by atoms with E-state index >= 15 is 0 Å². The van der Waals surface area contributed by atoms with Gasteiger partial charge < -0.3 is 15.0 Å². The fourth-order valence-electron chi connectivity index (χ4n) is 4.58. The first kappa shape index (κ1) is 16.3. The minimum Gasteiger partial charge on any atom is -0.368 e. The predicted octanol–water partition coefficient (Wildman–Crippen LogP) is 2.90. The van der Waals surface area contributed by atoms with E-state index in [2.05, 4.69) is 51.9 Å². The van der Waals surface area contributed by atoms with E-state index in [4.69, 9.17) is 4.74 Å². The van der Waals surface area contributed by atoms with E-state index < -0.39 is 0 Å². The number of nitrogens with zero attached hydrogens (tertiary/aromatic N) is 1. The van der Waals surface area contributed by atoms with Crippen molar-refractivity contribution in [2.75, 3.05) is 26.7 Å². The zero-order chi connectivity index (χ0) is 15.0. The third kappa shape index (κ3) is 3.20. The average molecular weight is 282 g/mol. The molecule has 0 aromatic rings. The highest BCUT2D eigenvalue weighted by molar-refractivity contribution is 5.06. The topological polar surface area (TPSA) is 24.5 Å². The SMILES string of the molecule is CCCC1CCN(CC2C(NC)C(C)(C)OC2(C)C)C1. The molecule has 3 atom stereocenters. The summed E-state index contributed by atoms with van der Waals surface area (Å²) in [6.45, 7) is 15.0. The Kier molecular flexibility index (Phi) is 4.83. The smallest absolute Gasteiger partial charge is 0.0790 e. The molecular formula is C17H34N2O. The van der Waals surface area contributed by atoms with Crippen molar-refractivity contribution in [3.05, 3.63) is 0 Å². The predicted molar refractivity (Wildman–Crippen MR) is 85.0 cm³/mol. The maximum absolute atomic E-state index is 6.35. The molecule has 3 unspecified atom stereocenters. The molecule has 0 aliphatic carbocycles. The minimum absolute atomic E-state index is 0.0416. The van der Waals surface area contributed by atoms with E-state index in [1.807, 2.05) is 0 Å². The molecule has 3 nitrogen and oxygen atoms in total. The Bertz CT molecular complexity index is 327. The number of hydrogen-bond donors (Lipinski definition) is 1. The normalized spacial score (nSPS) is 36.6. The lowest BCUT2D eigenvalue weighted by molar-refractivity contribution is -0.0791. The van der Waals surface area contributed by atoms with Crippen LogP contribution < -0.4 is 5.32 Å². The van der Waals surface area contributed by atoms with Gasteiger partial charge in [-0.15, -0.1) is 0 Å². The van der Waals surface area contributed by atoms with Crippen LogP contribution in [0.4, 0.5) is 0 Å². The van der Waals surface area contributed by atoms with Gasteiger partial charge in [-0.3, -0.25) is 0 Å². The van der Waals surface area contributed by atoms with Crippen LogP contribution in [0.15, 0.2) is 0 Å². The van der Waals surface area contributed by atoms with Crippen molar-refractivity contribution >= 4 is 0 Å². The van der Waals surface area contributed by atoms with Gasteiger partial charge in [-0.2, -0.15) is 0 Å². The molecular weight excluding hydrogens is 248 g/mol. The third-order valence-corrected chi connectivity index (χ3v) is 5.40. The molecule has 2 aliphatic heterocycles.